The number of aryl methyl sites for hydroxylation is 3. The zero-order chi connectivity index (χ0) is 22.8. The Balaban J connectivity index is 1.88. The standard InChI is InChI=1S/C24H22ClN5O2/c1-4-16-6-5-7-17(10-16)21-12-22(28-20-9-8-18(25)11-19(20)24(31)32)30(29-21)23-15(3)26-13-14(2)27-23/h5-13,28H,4H2,1-3H3,(H,31,32). The SMILES string of the molecule is CCc1cccc(-c2cc(Nc3ccc(Cl)cc3C(=O)O)n(-c3nc(C)cnc3C)n2)c1. The van der Waals surface area contributed by atoms with Gasteiger partial charge in [-0.2, -0.15) is 9.78 Å². The molecule has 2 aromatic heterocycles. The molecule has 8 heteroatoms. The smallest absolute Gasteiger partial charge is 0.337 e. The normalized spacial score (nSPS) is 10.9. The monoisotopic (exact) mass is 447 g/mol. The molecule has 2 aromatic carbocycles. The summed E-state index contributed by atoms with van der Waals surface area (Å²) in [6.07, 6.45) is 2.61. The first-order valence-electron chi connectivity index (χ1n) is 10.2. The van der Waals surface area contributed by atoms with E-state index >= 15 is 0 Å². The van der Waals surface area contributed by atoms with Gasteiger partial charge in [0.15, 0.2) is 5.82 Å². The molecule has 0 unspecified atom stereocenters. The van der Waals surface area contributed by atoms with Crippen LogP contribution in [0.15, 0.2) is 54.7 Å². The average molecular weight is 448 g/mol. The van der Waals surface area contributed by atoms with E-state index in [-0.39, 0.29) is 5.56 Å². The number of anilines is 2. The Bertz CT molecular complexity index is 1320. The average Bonchev–Trinajstić information content (AvgIpc) is 3.20. The van der Waals surface area contributed by atoms with Crippen LogP contribution < -0.4 is 5.32 Å². The van der Waals surface area contributed by atoms with Crippen molar-refractivity contribution in [3.8, 4) is 17.1 Å². The molecule has 0 amide bonds. The van der Waals surface area contributed by atoms with Crippen LogP contribution in [0.25, 0.3) is 17.1 Å². The zero-order valence-electron chi connectivity index (χ0n) is 17.9. The maximum absolute atomic E-state index is 11.8. The van der Waals surface area contributed by atoms with Crippen LogP contribution in [0, 0.1) is 13.8 Å². The van der Waals surface area contributed by atoms with E-state index in [1.807, 2.05) is 32.0 Å². The van der Waals surface area contributed by atoms with E-state index in [9.17, 15) is 9.90 Å². The molecule has 0 saturated carbocycles. The minimum Gasteiger partial charge on any atom is -0.478 e. The molecule has 2 heterocycles. The summed E-state index contributed by atoms with van der Waals surface area (Å²) in [5.74, 6) is 0.0504. The molecule has 0 aliphatic rings. The first kappa shape index (κ1) is 21.5. The first-order chi connectivity index (χ1) is 15.4. The largest absolute Gasteiger partial charge is 0.478 e. The van der Waals surface area contributed by atoms with Gasteiger partial charge in [-0.1, -0.05) is 36.7 Å². The maximum atomic E-state index is 11.8. The summed E-state index contributed by atoms with van der Waals surface area (Å²) in [4.78, 5) is 20.8. The molecular formula is C24H22ClN5O2. The number of aromatic nitrogens is 4. The van der Waals surface area contributed by atoms with Gasteiger partial charge < -0.3 is 10.4 Å². The second-order valence-corrected chi connectivity index (χ2v) is 7.86. The summed E-state index contributed by atoms with van der Waals surface area (Å²) in [5, 5.41) is 18.0. The second-order valence-electron chi connectivity index (χ2n) is 7.42. The Labute approximate surface area is 190 Å². The number of nitrogens with one attached hydrogen (secondary N) is 1. The maximum Gasteiger partial charge on any atom is 0.337 e. The van der Waals surface area contributed by atoms with Crippen LogP contribution in [0.1, 0.15) is 34.2 Å². The van der Waals surface area contributed by atoms with E-state index in [1.165, 1.54) is 11.6 Å². The van der Waals surface area contributed by atoms with Crippen LogP contribution in [-0.2, 0) is 6.42 Å². The molecule has 4 rings (SSSR count). The summed E-state index contributed by atoms with van der Waals surface area (Å²) in [5.41, 5.74) is 4.80. The lowest BCUT2D eigenvalue weighted by Crippen LogP contribution is -2.10. The highest BCUT2D eigenvalue weighted by Crippen LogP contribution is 2.30. The number of carbonyl (C=O) groups is 1. The number of rotatable bonds is 6. The number of halogens is 1. The lowest BCUT2D eigenvalue weighted by molar-refractivity contribution is 0.0698. The molecule has 4 aromatic rings. The molecule has 0 bridgehead atoms. The van der Waals surface area contributed by atoms with Gasteiger partial charge in [-0.15, -0.1) is 0 Å². The minimum atomic E-state index is -1.08. The fourth-order valence-corrected chi connectivity index (χ4v) is 3.56. The van der Waals surface area contributed by atoms with Crippen LogP contribution in [0.2, 0.25) is 5.02 Å². The Hall–Kier alpha value is -3.71. The quantitative estimate of drug-likeness (QED) is 0.399. The summed E-state index contributed by atoms with van der Waals surface area (Å²) < 4.78 is 1.66. The molecule has 32 heavy (non-hydrogen) atoms. The number of carboxylic acid groups (broad SMARTS) is 1. The molecule has 2 N–H and O–H groups in total. The van der Waals surface area contributed by atoms with Crippen LogP contribution in [-0.4, -0.2) is 30.8 Å². The Morgan fingerprint density at radius 1 is 1.16 bits per heavy atom. The molecule has 0 aliphatic carbocycles. The summed E-state index contributed by atoms with van der Waals surface area (Å²) in [6, 6.07) is 14.7. The van der Waals surface area contributed by atoms with Gasteiger partial charge in [-0.25, -0.2) is 9.78 Å². The van der Waals surface area contributed by atoms with Crippen molar-refractivity contribution < 1.29 is 9.90 Å². The van der Waals surface area contributed by atoms with Gasteiger partial charge in [0.2, 0.25) is 0 Å². The Morgan fingerprint density at radius 3 is 2.72 bits per heavy atom. The highest BCUT2D eigenvalue weighted by Gasteiger charge is 2.18. The van der Waals surface area contributed by atoms with Gasteiger partial charge in [0.25, 0.3) is 0 Å². The van der Waals surface area contributed by atoms with E-state index < -0.39 is 5.97 Å². The zero-order valence-corrected chi connectivity index (χ0v) is 18.7. The number of aromatic carboxylic acids is 1. The minimum absolute atomic E-state index is 0.0619. The van der Waals surface area contributed by atoms with Crippen molar-refractivity contribution in [1.29, 1.82) is 0 Å². The molecule has 7 nitrogen and oxygen atoms in total. The second kappa shape index (κ2) is 8.80. The number of benzene rings is 2. The van der Waals surface area contributed by atoms with Crippen molar-refractivity contribution in [2.24, 2.45) is 0 Å². The fraction of sp³-hybridized carbons (Fsp3) is 0.167. The van der Waals surface area contributed by atoms with Crippen molar-refractivity contribution >= 4 is 29.1 Å². The molecule has 0 fully saturated rings. The summed E-state index contributed by atoms with van der Waals surface area (Å²) >= 11 is 6.02. The number of hydrogen-bond acceptors (Lipinski definition) is 5. The van der Waals surface area contributed by atoms with Gasteiger partial charge in [-0.05, 0) is 50.1 Å². The van der Waals surface area contributed by atoms with Crippen LogP contribution in [0.3, 0.4) is 0 Å². The molecule has 162 valence electrons. The molecular weight excluding hydrogens is 426 g/mol. The topological polar surface area (TPSA) is 92.9 Å². The third-order valence-electron chi connectivity index (χ3n) is 5.07. The third-order valence-corrected chi connectivity index (χ3v) is 5.30. The molecule has 0 atom stereocenters. The van der Waals surface area contributed by atoms with Gasteiger partial charge in [-0.3, -0.25) is 4.98 Å². The first-order valence-corrected chi connectivity index (χ1v) is 10.5. The summed E-state index contributed by atoms with van der Waals surface area (Å²) in [6.45, 7) is 5.82. The Kier molecular flexibility index (Phi) is 5.92. The summed E-state index contributed by atoms with van der Waals surface area (Å²) in [7, 11) is 0. The van der Waals surface area contributed by atoms with Crippen LogP contribution in [0.5, 0.6) is 0 Å². The molecule has 0 saturated heterocycles. The van der Waals surface area contributed by atoms with Crippen LogP contribution in [0.4, 0.5) is 11.5 Å². The Morgan fingerprint density at radius 2 is 1.97 bits per heavy atom. The van der Waals surface area contributed by atoms with Crippen molar-refractivity contribution in [3.63, 3.8) is 0 Å². The van der Waals surface area contributed by atoms with E-state index in [0.29, 0.717) is 28.0 Å². The lowest BCUT2D eigenvalue weighted by atomic mass is 10.1. The van der Waals surface area contributed by atoms with Crippen molar-refractivity contribution in [2.75, 3.05) is 5.32 Å². The lowest BCUT2D eigenvalue weighted by Gasteiger charge is -2.13. The van der Waals surface area contributed by atoms with Crippen molar-refractivity contribution in [2.45, 2.75) is 27.2 Å². The molecule has 0 spiro atoms. The highest BCUT2D eigenvalue weighted by atomic mass is 35.5. The van der Waals surface area contributed by atoms with Gasteiger partial charge in [0.05, 0.1) is 28.3 Å². The predicted octanol–water partition coefficient (Wildman–Crippen LogP) is 5.60. The van der Waals surface area contributed by atoms with Gasteiger partial charge in [0, 0.05) is 22.8 Å². The fourth-order valence-electron chi connectivity index (χ4n) is 3.39. The third kappa shape index (κ3) is 4.33. The molecule has 0 radical (unpaired) electrons. The van der Waals surface area contributed by atoms with E-state index in [2.05, 4.69) is 34.3 Å². The van der Waals surface area contributed by atoms with E-state index in [1.54, 1.807) is 23.0 Å². The highest BCUT2D eigenvalue weighted by molar-refractivity contribution is 6.31. The van der Waals surface area contributed by atoms with Gasteiger partial charge >= 0.3 is 5.97 Å². The number of nitrogens with zero attached hydrogens (tertiary/aromatic N) is 4. The molecule has 0 aliphatic heterocycles. The van der Waals surface area contributed by atoms with Gasteiger partial charge in [0.1, 0.15) is 5.82 Å². The predicted molar refractivity (Wildman–Crippen MR) is 125 cm³/mol. The van der Waals surface area contributed by atoms with E-state index in [0.717, 1.165) is 23.4 Å². The van der Waals surface area contributed by atoms with Crippen molar-refractivity contribution in [3.05, 3.63) is 82.3 Å². The van der Waals surface area contributed by atoms with Crippen LogP contribution >= 0.6 is 11.6 Å². The van der Waals surface area contributed by atoms with E-state index in [4.69, 9.17) is 16.7 Å². The number of carboxylic acids is 1. The van der Waals surface area contributed by atoms with Crippen molar-refractivity contribution in [1.82, 2.24) is 19.7 Å². The number of hydrogen-bond donors (Lipinski definition) is 2.